The first-order valence-corrected chi connectivity index (χ1v) is 7.00. The first-order valence-electron chi connectivity index (χ1n) is 6.21. The molecule has 0 radical (unpaired) electrons. The van der Waals surface area contributed by atoms with Gasteiger partial charge in [0, 0.05) is 34.0 Å². The minimum atomic E-state index is -0.229. The zero-order chi connectivity index (χ0) is 14.7. The van der Waals surface area contributed by atoms with Crippen molar-refractivity contribution in [2.45, 2.75) is 13.8 Å². The van der Waals surface area contributed by atoms with Crippen LogP contribution in [0.5, 0.6) is 0 Å². The average molecular weight is 334 g/mol. The molecule has 2 rings (SSSR count). The molecule has 4 nitrogen and oxygen atoms in total. The molecule has 0 aliphatic carbocycles. The number of hydrazone groups is 1. The van der Waals surface area contributed by atoms with E-state index in [4.69, 9.17) is 0 Å². The number of aryl methyl sites for hydroxylation is 1. The maximum absolute atomic E-state index is 11.9. The summed E-state index contributed by atoms with van der Waals surface area (Å²) < 4.78 is 2.95. The highest BCUT2D eigenvalue weighted by atomic mass is 79.9. The van der Waals surface area contributed by atoms with Crippen LogP contribution >= 0.6 is 15.9 Å². The van der Waals surface area contributed by atoms with Gasteiger partial charge in [0.25, 0.3) is 5.91 Å². The Kier molecular flexibility index (Phi) is 4.39. The van der Waals surface area contributed by atoms with E-state index in [1.165, 1.54) is 0 Å². The first-order chi connectivity index (χ1) is 9.49. The summed E-state index contributed by atoms with van der Waals surface area (Å²) in [5.41, 5.74) is 6.37. The van der Waals surface area contributed by atoms with Crippen LogP contribution in [0.15, 0.2) is 39.9 Å². The molecule has 0 unspecified atom stereocenters. The van der Waals surface area contributed by atoms with Crippen molar-refractivity contribution in [2.75, 3.05) is 0 Å². The maximum Gasteiger partial charge on any atom is 0.271 e. The van der Waals surface area contributed by atoms with E-state index < -0.39 is 0 Å². The monoisotopic (exact) mass is 333 g/mol. The lowest BCUT2D eigenvalue weighted by molar-refractivity contribution is 0.0955. The quantitative estimate of drug-likeness (QED) is 0.680. The lowest BCUT2D eigenvalue weighted by Crippen LogP contribution is -2.17. The SMILES string of the molecule is Cc1cc(/C=N\NC(=O)c2cccc(Br)c2)c(C)n1C. The molecule has 104 valence electrons. The fraction of sp³-hybridized carbons (Fsp3) is 0.200. The normalized spacial score (nSPS) is 11.0. The molecular weight excluding hydrogens is 318 g/mol. The van der Waals surface area contributed by atoms with Gasteiger partial charge in [0.15, 0.2) is 0 Å². The first kappa shape index (κ1) is 14.5. The van der Waals surface area contributed by atoms with Gasteiger partial charge >= 0.3 is 0 Å². The number of halogens is 1. The molecule has 0 fully saturated rings. The lowest BCUT2D eigenvalue weighted by atomic mass is 10.2. The number of nitrogens with zero attached hydrogens (tertiary/aromatic N) is 2. The van der Waals surface area contributed by atoms with Crippen molar-refractivity contribution in [1.29, 1.82) is 0 Å². The van der Waals surface area contributed by atoms with Crippen molar-refractivity contribution >= 4 is 28.1 Å². The second-order valence-electron chi connectivity index (χ2n) is 4.59. The van der Waals surface area contributed by atoms with Gasteiger partial charge in [-0.2, -0.15) is 5.10 Å². The maximum atomic E-state index is 11.9. The van der Waals surface area contributed by atoms with Crippen molar-refractivity contribution in [3.8, 4) is 0 Å². The lowest BCUT2D eigenvalue weighted by Gasteiger charge is -2.00. The molecule has 1 aromatic carbocycles. The molecule has 20 heavy (non-hydrogen) atoms. The van der Waals surface area contributed by atoms with E-state index >= 15 is 0 Å². The van der Waals surface area contributed by atoms with E-state index in [-0.39, 0.29) is 5.91 Å². The number of carbonyl (C=O) groups is 1. The highest BCUT2D eigenvalue weighted by molar-refractivity contribution is 9.10. The van der Waals surface area contributed by atoms with Crippen LogP contribution in [0.3, 0.4) is 0 Å². The Bertz CT molecular complexity index is 674. The number of hydrogen-bond acceptors (Lipinski definition) is 2. The fourth-order valence-corrected chi connectivity index (χ4v) is 2.27. The summed E-state index contributed by atoms with van der Waals surface area (Å²) in [7, 11) is 2.00. The number of hydrogen-bond donors (Lipinski definition) is 1. The number of nitrogens with one attached hydrogen (secondary N) is 1. The van der Waals surface area contributed by atoms with Gasteiger partial charge in [-0.05, 0) is 38.1 Å². The van der Waals surface area contributed by atoms with E-state index in [2.05, 4.69) is 31.0 Å². The molecule has 0 aliphatic rings. The summed E-state index contributed by atoms with van der Waals surface area (Å²) in [6.45, 7) is 4.05. The van der Waals surface area contributed by atoms with Crippen molar-refractivity contribution in [3.63, 3.8) is 0 Å². The molecule has 1 heterocycles. The average Bonchev–Trinajstić information content (AvgIpc) is 2.66. The number of rotatable bonds is 3. The molecular formula is C15H16BrN3O. The molecule has 5 heteroatoms. The van der Waals surface area contributed by atoms with Crippen LogP contribution in [0, 0.1) is 13.8 Å². The van der Waals surface area contributed by atoms with Gasteiger partial charge in [0.2, 0.25) is 0 Å². The minimum absolute atomic E-state index is 0.229. The van der Waals surface area contributed by atoms with Crippen LogP contribution in [0.25, 0.3) is 0 Å². The highest BCUT2D eigenvalue weighted by Gasteiger charge is 2.05. The van der Waals surface area contributed by atoms with Gasteiger partial charge < -0.3 is 4.57 Å². The van der Waals surface area contributed by atoms with Gasteiger partial charge in [0.05, 0.1) is 6.21 Å². The number of carbonyl (C=O) groups excluding carboxylic acids is 1. The van der Waals surface area contributed by atoms with Crippen LogP contribution in [0.4, 0.5) is 0 Å². The predicted octanol–water partition coefficient (Wildman–Crippen LogP) is 3.17. The third kappa shape index (κ3) is 3.17. The van der Waals surface area contributed by atoms with Crippen molar-refractivity contribution in [2.24, 2.45) is 12.1 Å². The van der Waals surface area contributed by atoms with Crippen molar-refractivity contribution < 1.29 is 4.79 Å². The van der Waals surface area contributed by atoms with Crippen molar-refractivity contribution in [1.82, 2.24) is 9.99 Å². The van der Waals surface area contributed by atoms with Gasteiger partial charge in [-0.15, -0.1) is 0 Å². The highest BCUT2D eigenvalue weighted by Crippen LogP contribution is 2.12. The Balaban J connectivity index is 2.06. The molecule has 0 bridgehead atoms. The molecule has 0 saturated carbocycles. The standard InChI is InChI=1S/C15H16BrN3O/c1-10-7-13(11(2)19(10)3)9-17-18-15(20)12-5-4-6-14(16)8-12/h4-9H,1-3H3,(H,18,20)/b17-9-. The summed E-state index contributed by atoms with van der Waals surface area (Å²) in [4.78, 5) is 11.9. The molecule has 1 aromatic heterocycles. The number of aromatic nitrogens is 1. The molecule has 1 amide bonds. The summed E-state index contributed by atoms with van der Waals surface area (Å²) >= 11 is 3.33. The van der Waals surface area contributed by atoms with Crippen LogP contribution < -0.4 is 5.43 Å². The van der Waals surface area contributed by atoms with Gasteiger partial charge in [0.1, 0.15) is 0 Å². The van der Waals surface area contributed by atoms with E-state index in [9.17, 15) is 4.79 Å². The van der Waals surface area contributed by atoms with Crippen LogP contribution in [0.2, 0.25) is 0 Å². The smallest absolute Gasteiger partial charge is 0.271 e. The third-order valence-corrected chi connectivity index (χ3v) is 3.76. The Morgan fingerprint density at radius 1 is 1.35 bits per heavy atom. The minimum Gasteiger partial charge on any atom is -0.352 e. The third-order valence-electron chi connectivity index (χ3n) is 3.27. The molecule has 1 N–H and O–H groups in total. The molecule has 2 aromatic rings. The molecule has 0 saturated heterocycles. The van der Waals surface area contributed by atoms with Crippen LogP contribution in [-0.4, -0.2) is 16.7 Å². The Hall–Kier alpha value is -1.88. The van der Waals surface area contributed by atoms with E-state index in [0.717, 1.165) is 21.4 Å². The zero-order valence-electron chi connectivity index (χ0n) is 11.6. The summed E-state index contributed by atoms with van der Waals surface area (Å²) in [5.74, 6) is -0.229. The summed E-state index contributed by atoms with van der Waals surface area (Å²) in [5, 5.41) is 4.01. The summed E-state index contributed by atoms with van der Waals surface area (Å²) in [6.07, 6.45) is 1.66. The number of amides is 1. The topological polar surface area (TPSA) is 46.4 Å². The second-order valence-corrected chi connectivity index (χ2v) is 5.51. The Morgan fingerprint density at radius 3 is 2.70 bits per heavy atom. The molecule has 0 spiro atoms. The summed E-state index contributed by atoms with van der Waals surface area (Å²) in [6, 6.07) is 9.21. The Labute approximate surface area is 126 Å². The Morgan fingerprint density at radius 2 is 2.10 bits per heavy atom. The van der Waals surface area contributed by atoms with Gasteiger partial charge in [-0.25, -0.2) is 5.43 Å². The van der Waals surface area contributed by atoms with E-state index in [1.54, 1.807) is 18.3 Å². The fourth-order valence-electron chi connectivity index (χ4n) is 1.87. The number of benzene rings is 1. The second kappa shape index (κ2) is 6.05. The van der Waals surface area contributed by atoms with E-state index in [1.807, 2.05) is 39.1 Å². The molecule has 0 aliphatic heterocycles. The predicted molar refractivity (Wildman–Crippen MR) is 84.1 cm³/mol. The van der Waals surface area contributed by atoms with Gasteiger partial charge in [-0.3, -0.25) is 4.79 Å². The van der Waals surface area contributed by atoms with Crippen LogP contribution in [-0.2, 0) is 7.05 Å². The molecule has 0 atom stereocenters. The largest absolute Gasteiger partial charge is 0.352 e. The van der Waals surface area contributed by atoms with E-state index in [0.29, 0.717) is 5.56 Å². The van der Waals surface area contributed by atoms with Crippen molar-refractivity contribution in [3.05, 3.63) is 57.3 Å². The zero-order valence-corrected chi connectivity index (χ0v) is 13.2. The van der Waals surface area contributed by atoms with Gasteiger partial charge in [-0.1, -0.05) is 22.0 Å². The van der Waals surface area contributed by atoms with Crippen LogP contribution in [0.1, 0.15) is 27.3 Å².